The van der Waals surface area contributed by atoms with Gasteiger partial charge in [-0.05, 0) is 49.4 Å². The van der Waals surface area contributed by atoms with Crippen LogP contribution < -0.4 is 15.4 Å². The number of carbonyl (C=O) groups excluding carboxylic acids is 2. The van der Waals surface area contributed by atoms with Gasteiger partial charge in [0.05, 0.1) is 0 Å². The van der Waals surface area contributed by atoms with Gasteiger partial charge in [0.1, 0.15) is 5.75 Å². The van der Waals surface area contributed by atoms with Crippen LogP contribution in [0.1, 0.15) is 17.3 Å². The second-order valence-corrected chi connectivity index (χ2v) is 5.30. The number of halogens is 1. The topological polar surface area (TPSA) is 67.4 Å². The van der Waals surface area contributed by atoms with Crippen molar-refractivity contribution in [1.82, 2.24) is 5.32 Å². The zero-order valence-electron chi connectivity index (χ0n) is 12.8. The van der Waals surface area contributed by atoms with Crippen molar-refractivity contribution in [3.05, 3.63) is 59.1 Å². The third-order valence-corrected chi connectivity index (χ3v) is 3.35. The molecule has 0 aliphatic carbocycles. The van der Waals surface area contributed by atoms with Gasteiger partial charge in [0, 0.05) is 23.3 Å². The van der Waals surface area contributed by atoms with Crippen LogP contribution in [0.2, 0.25) is 5.02 Å². The molecule has 5 nitrogen and oxygen atoms in total. The Morgan fingerprint density at radius 3 is 2.43 bits per heavy atom. The first-order chi connectivity index (χ1) is 11.0. The third-order valence-electron chi connectivity index (χ3n) is 3.12. The zero-order chi connectivity index (χ0) is 16.8. The Morgan fingerprint density at radius 1 is 1.13 bits per heavy atom. The molecule has 120 valence electrons. The lowest BCUT2D eigenvalue weighted by atomic mass is 10.2. The Hall–Kier alpha value is -2.53. The van der Waals surface area contributed by atoms with Crippen LogP contribution in [-0.4, -0.2) is 25.0 Å². The minimum Gasteiger partial charge on any atom is -0.481 e. The maximum atomic E-state index is 12.1. The molecular weight excluding hydrogens is 316 g/mol. The Morgan fingerprint density at radius 2 is 1.83 bits per heavy atom. The number of hydrogen-bond donors (Lipinski definition) is 2. The first kappa shape index (κ1) is 16.8. The van der Waals surface area contributed by atoms with Gasteiger partial charge in [-0.1, -0.05) is 17.7 Å². The minimum absolute atomic E-state index is 0.180. The van der Waals surface area contributed by atoms with Crippen LogP contribution in [0.4, 0.5) is 5.69 Å². The highest BCUT2D eigenvalue weighted by Gasteiger charge is 2.15. The molecule has 2 N–H and O–H groups in total. The predicted octanol–water partition coefficient (Wildman–Crippen LogP) is 3.11. The Balaban J connectivity index is 1.96. The van der Waals surface area contributed by atoms with Crippen LogP contribution >= 0.6 is 11.6 Å². The number of benzene rings is 2. The van der Waals surface area contributed by atoms with E-state index in [2.05, 4.69) is 10.6 Å². The van der Waals surface area contributed by atoms with Gasteiger partial charge in [-0.3, -0.25) is 9.59 Å². The molecule has 2 rings (SSSR count). The summed E-state index contributed by atoms with van der Waals surface area (Å²) >= 11 is 5.88. The minimum atomic E-state index is -0.688. The van der Waals surface area contributed by atoms with Gasteiger partial charge in [-0.25, -0.2) is 0 Å². The van der Waals surface area contributed by atoms with Crippen molar-refractivity contribution < 1.29 is 14.3 Å². The van der Waals surface area contributed by atoms with E-state index in [1.807, 2.05) is 0 Å². The van der Waals surface area contributed by atoms with Crippen molar-refractivity contribution >= 4 is 29.1 Å². The molecule has 23 heavy (non-hydrogen) atoms. The van der Waals surface area contributed by atoms with Gasteiger partial charge in [0.2, 0.25) is 0 Å². The molecule has 0 spiro atoms. The first-order valence-electron chi connectivity index (χ1n) is 7.05. The molecular formula is C17H17ClN2O3. The van der Waals surface area contributed by atoms with Gasteiger partial charge in [-0.2, -0.15) is 0 Å². The summed E-state index contributed by atoms with van der Waals surface area (Å²) in [5.74, 6) is 0.0494. The lowest BCUT2D eigenvalue weighted by molar-refractivity contribution is -0.122. The monoisotopic (exact) mass is 332 g/mol. The molecule has 0 radical (unpaired) electrons. The second kappa shape index (κ2) is 7.65. The largest absolute Gasteiger partial charge is 0.481 e. The third kappa shape index (κ3) is 4.72. The summed E-state index contributed by atoms with van der Waals surface area (Å²) in [5.41, 5.74) is 1.11. The molecule has 0 heterocycles. The van der Waals surface area contributed by atoms with Crippen molar-refractivity contribution in [3.63, 3.8) is 0 Å². The van der Waals surface area contributed by atoms with Gasteiger partial charge < -0.3 is 15.4 Å². The van der Waals surface area contributed by atoms with Gasteiger partial charge >= 0.3 is 0 Å². The Bertz CT molecular complexity index is 701. The highest BCUT2D eigenvalue weighted by molar-refractivity contribution is 6.30. The molecule has 0 aromatic heterocycles. The summed E-state index contributed by atoms with van der Waals surface area (Å²) < 4.78 is 5.55. The number of hydrogen-bond acceptors (Lipinski definition) is 3. The second-order valence-electron chi connectivity index (χ2n) is 4.86. The molecule has 2 aromatic rings. The van der Waals surface area contributed by atoms with Crippen LogP contribution in [-0.2, 0) is 4.79 Å². The fourth-order valence-corrected chi connectivity index (χ4v) is 2.07. The summed E-state index contributed by atoms with van der Waals surface area (Å²) in [4.78, 5) is 23.6. The molecule has 0 bridgehead atoms. The van der Waals surface area contributed by atoms with Crippen molar-refractivity contribution in [2.24, 2.45) is 0 Å². The SMILES string of the molecule is CNC(=O)c1ccc(NC(=O)C(C)Oc2cccc(Cl)c2)cc1. The highest BCUT2D eigenvalue weighted by Crippen LogP contribution is 2.19. The molecule has 2 amide bonds. The fourth-order valence-electron chi connectivity index (χ4n) is 1.89. The number of rotatable bonds is 5. The van der Waals surface area contributed by atoms with E-state index in [1.54, 1.807) is 62.5 Å². The number of amides is 2. The number of anilines is 1. The van der Waals surface area contributed by atoms with Gasteiger partial charge in [0.15, 0.2) is 6.10 Å². The normalized spacial score (nSPS) is 11.4. The number of ether oxygens (including phenoxy) is 1. The Kier molecular flexibility index (Phi) is 5.60. The van der Waals surface area contributed by atoms with E-state index in [1.165, 1.54) is 0 Å². The number of nitrogens with one attached hydrogen (secondary N) is 2. The van der Waals surface area contributed by atoms with E-state index in [0.717, 1.165) is 0 Å². The molecule has 0 saturated carbocycles. The molecule has 0 fully saturated rings. The quantitative estimate of drug-likeness (QED) is 0.884. The van der Waals surface area contributed by atoms with E-state index < -0.39 is 6.10 Å². The number of carbonyl (C=O) groups is 2. The smallest absolute Gasteiger partial charge is 0.265 e. The molecule has 2 aromatic carbocycles. The highest BCUT2D eigenvalue weighted by atomic mass is 35.5. The van der Waals surface area contributed by atoms with Crippen LogP contribution in [0.3, 0.4) is 0 Å². The van der Waals surface area contributed by atoms with Crippen molar-refractivity contribution in [3.8, 4) is 5.75 Å². The van der Waals surface area contributed by atoms with Crippen molar-refractivity contribution in [2.45, 2.75) is 13.0 Å². The maximum absolute atomic E-state index is 12.1. The summed E-state index contributed by atoms with van der Waals surface area (Å²) in [6, 6.07) is 13.4. The fraction of sp³-hybridized carbons (Fsp3) is 0.176. The Labute approximate surface area is 139 Å². The standard InChI is InChI=1S/C17H17ClN2O3/c1-11(23-15-5-3-4-13(18)10-15)16(21)20-14-8-6-12(7-9-14)17(22)19-2/h3-11H,1-2H3,(H,19,22)(H,20,21). The van der Waals surface area contributed by atoms with E-state index in [0.29, 0.717) is 22.0 Å². The molecule has 0 aliphatic rings. The summed E-state index contributed by atoms with van der Waals surface area (Å²) in [5, 5.41) is 5.81. The first-order valence-corrected chi connectivity index (χ1v) is 7.42. The zero-order valence-corrected chi connectivity index (χ0v) is 13.6. The molecule has 1 atom stereocenters. The van der Waals surface area contributed by atoms with Crippen LogP contribution in [0.15, 0.2) is 48.5 Å². The van der Waals surface area contributed by atoms with E-state index in [4.69, 9.17) is 16.3 Å². The molecule has 1 unspecified atom stereocenters. The molecule has 0 aliphatic heterocycles. The van der Waals surface area contributed by atoms with Crippen LogP contribution in [0.25, 0.3) is 0 Å². The van der Waals surface area contributed by atoms with Crippen LogP contribution in [0.5, 0.6) is 5.75 Å². The van der Waals surface area contributed by atoms with Crippen molar-refractivity contribution in [2.75, 3.05) is 12.4 Å². The van der Waals surface area contributed by atoms with E-state index in [-0.39, 0.29) is 11.8 Å². The molecule has 0 saturated heterocycles. The average Bonchev–Trinajstić information content (AvgIpc) is 2.54. The average molecular weight is 333 g/mol. The van der Waals surface area contributed by atoms with E-state index in [9.17, 15) is 9.59 Å². The summed E-state index contributed by atoms with van der Waals surface area (Å²) in [7, 11) is 1.56. The predicted molar refractivity (Wildman–Crippen MR) is 90.0 cm³/mol. The van der Waals surface area contributed by atoms with E-state index >= 15 is 0 Å². The summed E-state index contributed by atoms with van der Waals surface area (Å²) in [6.07, 6.45) is -0.688. The lowest BCUT2D eigenvalue weighted by Crippen LogP contribution is -2.30. The van der Waals surface area contributed by atoms with Gasteiger partial charge in [-0.15, -0.1) is 0 Å². The summed E-state index contributed by atoms with van der Waals surface area (Å²) in [6.45, 7) is 1.65. The van der Waals surface area contributed by atoms with Gasteiger partial charge in [0.25, 0.3) is 11.8 Å². The maximum Gasteiger partial charge on any atom is 0.265 e. The lowest BCUT2D eigenvalue weighted by Gasteiger charge is -2.15. The van der Waals surface area contributed by atoms with Crippen LogP contribution in [0, 0.1) is 0 Å². The molecule has 6 heteroatoms. The van der Waals surface area contributed by atoms with Crippen molar-refractivity contribution in [1.29, 1.82) is 0 Å².